The van der Waals surface area contributed by atoms with Gasteiger partial charge in [-0.2, -0.15) is 15.0 Å². The molecule has 6 nitrogen and oxygen atoms in total. The third-order valence-corrected chi connectivity index (χ3v) is 2.61. The maximum absolute atomic E-state index is 5.51. The smallest absolute Gasteiger partial charge is 0.323 e. The van der Waals surface area contributed by atoms with Crippen molar-refractivity contribution in [1.29, 1.82) is 0 Å². The zero-order valence-corrected chi connectivity index (χ0v) is 12.5. The summed E-state index contributed by atoms with van der Waals surface area (Å²) in [6, 6.07) is 10.1. The Morgan fingerprint density at radius 3 is 2.43 bits per heavy atom. The molecule has 0 saturated carbocycles. The topological polar surface area (TPSA) is 72.0 Å². The maximum atomic E-state index is 5.51. The summed E-state index contributed by atoms with van der Waals surface area (Å²) in [5.41, 5.74) is 0.923. The van der Waals surface area contributed by atoms with E-state index in [2.05, 4.69) is 32.5 Å². The van der Waals surface area contributed by atoms with E-state index in [9.17, 15) is 0 Å². The molecule has 0 radical (unpaired) electrons. The normalized spacial score (nSPS) is 10.2. The van der Waals surface area contributed by atoms with Crippen LogP contribution in [0.15, 0.2) is 30.3 Å². The molecule has 21 heavy (non-hydrogen) atoms. The number of nitrogens with zero attached hydrogens (tertiary/aromatic N) is 3. The van der Waals surface area contributed by atoms with Gasteiger partial charge in [0.05, 0.1) is 6.61 Å². The lowest BCUT2D eigenvalue weighted by atomic mass is 10.3. The van der Waals surface area contributed by atoms with E-state index < -0.39 is 0 Å². The van der Waals surface area contributed by atoms with Crippen LogP contribution in [0.25, 0.3) is 0 Å². The quantitative estimate of drug-likeness (QED) is 0.776. The van der Waals surface area contributed by atoms with Crippen LogP contribution in [0.5, 0.6) is 6.01 Å². The Morgan fingerprint density at radius 2 is 1.71 bits per heavy atom. The molecular weight excluding hydrogens is 266 g/mol. The summed E-state index contributed by atoms with van der Waals surface area (Å²) >= 11 is 0. The lowest BCUT2D eigenvalue weighted by molar-refractivity contribution is 0.292. The van der Waals surface area contributed by atoms with Gasteiger partial charge in [-0.25, -0.2) is 0 Å². The molecule has 0 aliphatic carbocycles. The molecule has 0 aliphatic rings. The van der Waals surface area contributed by atoms with Gasteiger partial charge in [0.25, 0.3) is 0 Å². The molecule has 1 aromatic heterocycles. The Kier molecular flexibility index (Phi) is 5.75. The molecule has 0 spiro atoms. The van der Waals surface area contributed by atoms with E-state index in [4.69, 9.17) is 4.74 Å². The van der Waals surface area contributed by atoms with Gasteiger partial charge in [0.1, 0.15) is 0 Å². The monoisotopic (exact) mass is 287 g/mol. The van der Waals surface area contributed by atoms with Gasteiger partial charge in [0, 0.05) is 12.2 Å². The number of nitrogens with one attached hydrogen (secondary N) is 2. The third kappa shape index (κ3) is 4.91. The van der Waals surface area contributed by atoms with Crippen molar-refractivity contribution in [3.63, 3.8) is 0 Å². The van der Waals surface area contributed by atoms with Crippen LogP contribution in [0, 0.1) is 0 Å². The molecule has 0 amide bonds. The minimum atomic E-state index is 0.337. The molecule has 112 valence electrons. The minimum absolute atomic E-state index is 0.337. The number of rotatable bonds is 8. The van der Waals surface area contributed by atoms with Gasteiger partial charge in [-0.1, -0.05) is 32.0 Å². The summed E-state index contributed by atoms with van der Waals surface area (Å²) in [6.07, 6.45) is 1.91. The first-order valence-electron chi connectivity index (χ1n) is 7.26. The van der Waals surface area contributed by atoms with Gasteiger partial charge in [-0.3, -0.25) is 0 Å². The fraction of sp³-hybridized carbons (Fsp3) is 0.400. The second-order valence-electron chi connectivity index (χ2n) is 4.53. The predicted octanol–water partition coefficient (Wildman–Crippen LogP) is 3.23. The lowest BCUT2D eigenvalue weighted by Crippen LogP contribution is -2.10. The highest BCUT2D eigenvalue weighted by molar-refractivity contribution is 5.53. The summed E-state index contributed by atoms with van der Waals surface area (Å²) in [5.74, 6) is 0.997. The summed E-state index contributed by atoms with van der Waals surface area (Å²) in [4.78, 5) is 12.9. The van der Waals surface area contributed by atoms with Crippen LogP contribution < -0.4 is 15.4 Å². The molecule has 6 heteroatoms. The Balaban J connectivity index is 2.17. The van der Waals surface area contributed by atoms with Crippen molar-refractivity contribution >= 4 is 17.6 Å². The van der Waals surface area contributed by atoms with Crippen molar-refractivity contribution in [3.05, 3.63) is 30.3 Å². The lowest BCUT2D eigenvalue weighted by Gasteiger charge is -2.10. The summed E-state index contributed by atoms with van der Waals surface area (Å²) in [6.45, 7) is 5.52. The van der Waals surface area contributed by atoms with E-state index in [-0.39, 0.29) is 0 Å². The molecule has 2 rings (SSSR count). The van der Waals surface area contributed by atoms with Crippen LogP contribution in [0.2, 0.25) is 0 Å². The first kappa shape index (κ1) is 15.0. The van der Waals surface area contributed by atoms with Gasteiger partial charge in [0.2, 0.25) is 11.9 Å². The molecule has 0 fully saturated rings. The van der Waals surface area contributed by atoms with Crippen molar-refractivity contribution in [2.75, 3.05) is 23.8 Å². The zero-order valence-electron chi connectivity index (χ0n) is 12.5. The van der Waals surface area contributed by atoms with E-state index in [1.54, 1.807) is 0 Å². The Hall–Kier alpha value is -2.37. The largest absolute Gasteiger partial charge is 0.463 e. The molecule has 1 heterocycles. The second-order valence-corrected chi connectivity index (χ2v) is 4.53. The van der Waals surface area contributed by atoms with Gasteiger partial charge in [-0.05, 0) is 25.0 Å². The average Bonchev–Trinajstić information content (AvgIpc) is 2.52. The second kappa shape index (κ2) is 8.04. The molecule has 0 atom stereocenters. The fourth-order valence-electron chi connectivity index (χ4n) is 1.64. The molecule has 0 unspecified atom stereocenters. The van der Waals surface area contributed by atoms with Crippen molar-refractivity contribution < 1.29 is 4.74 Å². The third-order valence-electron chi connectivity index (χ3n) is 2.61. The van der Waals surface area contributed by atoms with E-state index in [1.807, 2.05) is 37.3 Å². The molecule has 2 N–H and O–H groups in total. The summed E-state index contributed by atoms with van der Waals surface area (Å²) < 4.78 is 5.51. The van der Waals surface area contributed by atoms with E-state index in [1.165, 1.54) is 0 Å². The van der Waals surface area contributed by atoms with Crippen LogP contribution in [0.1, 0.15) is 26.7 Å². The first-order valence-corrected chi connectivity index (χ1v) is 7.26. The first-order chi connectivity index (χ1) is 10.3. The van der Waals surface area contributed by atoms with Crippen molar-refractivity contribution in [2.45, 2.75) is 26.7 Å². The number of benzene rings is 1. The van der Waals surface area contributed by atoms with Crippen molar-refractivity contribution in [3.8, 4) is 6.01 Å². The predicted molar refractivity (Wildman–Crippen MR) is 84.1 cm³/mol. The summed E-state index contributed by atoms with van der Waals surface area (Å²) in [7, 11) is 0. The van der Waals surface area contributed by atoms with E-state index >= 15 is 0 Å². The van der Waals surface area contributed by atoms with Crippen LogP contribution in [-0.4, -0.2) is 28.1 Å². The Bertz CT molecular complexity index is 521. The van der Waals surface area contributed by atoms with Crippen LogP contribution in [0.4, 0.5) is 17.6 Å². The number of hydrogen-bond acceptors (Lipinski definition) is 6. The van der Waals surface area contributed by atoms with Crippen LogP contribution in [-0.2, 0) is 0 Å². The fourth-order valence-corrected chi connectivity index (χ4v) is 1.64. The van der Waals surface area contributed by atoms with Gasteiger partial charge in [0.15, 0.2) is 0 Å². The molecular formula is C15H21N5O. The SMILES string of the molecule is CCCNc1nc(Nc2ccccc2)nc(OCCC)n1. The van der Waals surface area contributed by atoms with Crippen molar-refractivity contribution in [2.24, 2.45) is 0 Å². The Labute approximate surface area is 125 Å². The molecule has 0 aliphatic heterocycles. The molecule has 2 aromatic rings. The van der Waals surface area contributed by atoms with Gasteiger partial charge >= 0.3 is 6.01 Å². The maximum Gasteiger partial charge on any atom is 0.323 e. The van der Waals surface area contributed by atoms with Gasteiger partial charge < -0.3 is 15.4 Å². The highest BCUT2D eigenvalue weighted by Crippen LogP contribution is 2.16. The summed E-state index contributed by atoms with van der Waals surface area (Å²) in [5, 5.41) is 6.31. The molecule has 1 aromatic carbocycles. The zero-order chi connectivity index (χ0) is 14.9. The highest BCUT2D eigenvalue weighted by Gasteiger charge is 2.07. The van der Waals surface area contributed by atoms with Crippen molar-refractivity contribution in [1.82, 2.24) is 15.0 Å². The number of aromatic nitrogens is 3. The van der Waals surface area contributed by atoms with E-state index in [0.29, 0.717) is 24.5 Å². The number of para-hydroxylation sites is 1. The molecule has 0 saturated heterocycles. The van der Waals surface area contributed by atoms with Crippen LogP contribution >= 0.6 is 0 Å². The average molecular weight is 287 g/mol. The highest BCUT2D eigenvalue weighted by atomic mass is 16.5. The molecule has 0 bridgehead atoms. The van der Waals surface area contributed by atoms with Crippen LogP contribution in [0.3, 0.4) is 0 Å². The van der Waals surface area contributed by atoms with E-state index in [0.717, 1.165) is 25.1 Å². The minimum Gasteiger partial charge on any atom is -0.463 e. The number of anilines is 3. The number of ether oxygens (including phenoxy) is 1. The van der Waals surface area contributed by atoms with Gasteiger partial charge in [-0.15, -0.1) is 0 Å². The number of hydrogen-bond donors (Lipinski definition) is 2. The Morgan fingerprint density at radius 1 is 0.952 bits per heavy atom. The standard InChI is InChI=1S/C15H21N5O/c1-3-10-16-13-18-14(17-12-8-6-5-7-9-12)20-15(19-13)21-11-4-2/h5-9H,3-4,10-11H2,1-2H3,(H2,16,17,18,19,20).